The molecule has 7 nitrogen and oxygen atoms in total. The summed E-state index contributed by atoms with van der Waals surface area (Å²) >= 11 is 1.43. The summed E-state index contributed by atoms with van der Waals surface area (Å²) in [7, 11) is 0. The number of aromatic nitrogens is 2. The quantitative estimate of drug-likeness (QED) is 0.450. The molecule has 2 aromatic heterocycles. The number of hydrogen-bond acceptors (Lipinski definition) is 6. The van der Waals surface area contributed by atoms with Gasteiger partial charge in [-0.2, -0.15) is 0 Å². The number of rotatable bonds is 7. The number of ether oxygens (including phenoxy) is 1. The minimum Gasteiger partial charge on any atom is -0.460 e. The summed E-state index contributed by atoms with van der Waals surface area (Å²) in [5.41, 5.74) is 2.22. The molecule has 0 fully saturated rings. The van der Waals surface area contributed by atoms with Gasteiger partial charge in [-0.3, -0.25) is 15.4 Å². The van der Waals surface area contributed by atoms with Crippen LogP contribution in [0, 0.1) is 0 Å². The molecule has 168 valence electrons. The Hall–Kier alpha value is -3.26. The Labute approximate surface area is 192 Å². The molecule has 0 saturated heterocycles. The van der Waals surface area contributed by atoms with Crippen molar-refractivity contribution in [1.82, 2.24) is 9.97 Å². The molecule has 0 bridgehead atoms. The van der Waals surface area contributed by atoms with Crippen molar-refractivity contribution >= 4 is 35.0 Å². The van der Waals surface area contributed by atoms with Crippen LogP contribution in [0.25, 0.3) is 10.6 Å². The summed E-state index contributed by atoms with van der Waals surface area (Å²) < 4.78 is 5.36. The number of amides is 2. The fourth-order valence-electron chi connectivity index (χ4n) is 2.98. The summed E-state index contributed by atoms with van der Waals surface area (Å²) in [4.78, 5) is 33.2. The number of anilines is 2. The number of aryl methyl sites for hydroxylation is 1. The van der Waals surface area contributed by atoms with Gasteiger partial charge in [0.25, 0.3) is 0 Å². The first-order valence-electron chi connectivity index (χ1n) is 10.5. The number of nitrogens with one attached hydrogen (secondary N) is 2. The van der Waals surface area contributed by atoms with E-state index in [2.05, 4.69) is 27.5 Å². The van der Waals surface area contributed by atoms with Crippen LogP contribution in [-0.2, 0) is 22.4 Å². The number of esters is 1. The zero-order chi connectivity index (χ0) is 23.1. The van der Waals surface area contributed by atoms with Crippen molar-refractivity contribution in [2.75, 3.05) is 10.6 Å². The summed E-state index contributed by atoms with van der Waals surface area (Å²) in [6.07, 6.45) is 2.07. The molecule has 0 aliphatic heterocycles. The van der Waals surface area contributed by atoms with Crippen molar-refractivity contribution in [2.45, 2.75) is 52.6 Å². The molecule has 1 aromatic carbocycles. The number of urea groups is 1. The van der Waals surface area contributed by atoms with E-state index in [0.717, 1.165) is 34.7 Å². The van der Waals surface area contributed by atoms with Crippen LogP contribution < -0.4 is 10.6 Å². The van der Waals surface area contributed by atoms with E-state index in [4.69, 9.17) is 4.74 Å². The largest absolute Gasteiger partial charge is 0.460 e. The lowest BCUT2D eigenvalue weighted by atomic mass is 10.1. The first-order valence-corrected chi connectivity index (χ1v) is 11.4. The highest BCUT2D eigenvalue weighted by atomic mass is 32.1. The van der Waals surface area contributed by atoms with E-state index in [1.807, 2.05) is 57.2 Å². The molecule has 0 saturated carbocycles. The van der Waals surface area contributed by atoms with Gasteiger partial charge in [-0.1, -0.05) is 43.7 Å². The van der Waals surface area contributed by atoms with Crippen molar-refractivity contribution in [3.05, 3.63) is 59.1 Å². The fourth-order valence-corrected chi connectivity index (χ4v) is 3.74. The maximum atomic E-state index is 12.3. The van der Waals surface area contributed by atoms with Gasteiger partial charge < -0.3 is 4.74 Å². The van der Waals surface area contributed by atoms with Crippen molar-refractivity contribution in [3.63, 3.8) is 0 Å². The summed E-state index contributed by atoms with van der Waals surface area (Å²) in [5.74, 6) is 0.709. The highest BCUT2D eigenvalue weighted by Gasteiger charge is 2.16. The number of carbonyl (C=O) groups is 2. The lowest BCUT2D eigenvalue weighted by molar-refractivity contribution is -0.153. The zero-order valence-corrected chi connectivity index (χ0v) is 19.6. The predicted octanol–water partition coefficient (Wildman–Crippen LogP) is 5.69. The molecule has 0 atom stereocenters. The number of nitrogens with zero attached hydrogens (tertiary/aromatic N) is 2. The molecular formula is C24H28N4O3S. The Morgan fingerprint density at radius 2 is 1.72 bits per heavy atom. The molecule has 2 amide bonds. The van der Waals surface area contributed by atoms with Gasteiger partial charge in [-0.05, 0) is 44.9 Å². The summed E-state index contributed by atoms with van der Waals surface area (Å²) in [6, 6.07) is 12.8. The lowest BCUT2D eigenvalue weighted by Crippen LogP contribution is -2.24. The Kier molecular flexibility index (Phi) is 7.58. The molecule has 0 unspecified atom stereocenters. The van der Waals surface area contributed by atoms with E-state index < -0.39 is 11.6 Å². The van der Waals surface area contributed by atoms with E-state index in [1.54, 1.807) is 11.4 Å². The van der Waals surface area contributed by atoms with E-state index >= 15 is 0 Å². The van der Waals surface area contributed by atoms with Crippen molar-refractivity contribution in [2.24, 2.45) is 0 Å². The maximum Gasteiger partial charge on any atom is 0.326 e. The van der Waals surface area contributed by atoms with Crippen LogP contribution in [-0.4, -0.2) is 27.6 Å². The Morgan fingerprint density at radius 1 is 1.00 bits per heavy atom. The maximum absolute atomic E-state index is 12.3. The van der Waals surface area contributed by atoms with Crippen molar-refractivity contribution in [1.29, 1.82) is 0 Å². The topological polar surface area (TPSA) is 93.2 Å². The molecule has 32 heavy (non-hydrogen) atoms. The van der Waals surface area contributed by atoms with Gasteiger partial charge in [0, 0.05) is 16.6 Å². The molecule has 2 N–H and O–H groups in total. The van der Waals surface area contributed by atoms with Crippen LogP contribution >= 0.6 is 11.3 Å². The van der Waals surface area contributed by atoms with Gasteiger partial charge in [0.05, 0.1) is 6.42 Å². The molecule has 3 rings (SSSR count). The third-order valence-electron chi connectivity index (χ3n) is 4.27. The second-order valence-corrected chi connectivity index (χ2v) is 9.20. The van der Waals surface area contributed by atoms with Crippen molar-refractivity contribution < 1.29 is 14.3 Å². The summed E-state index contributed by atoms with van der Waals surface area (Å²) in [6.45, 7) is 7.64. The van der Waals surface area contributed by atoms with Crippen LogP contribution in [0.4, 0.5) is 16.4 Å². The van der Waals surface area contributed by atoms with Gasteiger partial charge in [-0.15, -0.1) is 11.3 Å². The van der Waals surface area contributed by atoms with E-state index in [1.165, 1.54) is 11.3 Å². The normalized spacial score (nSPS) is 11.1. The molecule has 0 aliphatic carbocycles. The van der Waals surface area contributed by atoms with Crippen LogP contribution in [0.2, 0.25) is 0 Å². The number of benzene rings is 1. The molecule has 2 heterocycles. The fraction of sp³-hybridized carbons (Fsp3) is 0.333. The number of carbonyl (C=O) groups excluding carboxylic acids is 2. The Balaban J connectivity index is 1.57. The highest BCUT2D eigenvalue weighted by molar-refractivity contribution is 7.13. The second-order valence-electron chi connectivity index (χ2n) is 8.34. The highest BCUT2D eigenvalue weighted by Crippen LogP contribution is 2.26. The third kappa shape index (κ3) is 7.16. The van der Waals surface area contributed by atoms with Gasteiger partial charge >= 0.3 is 12.0 Å². The minimum absolute atomic E-state index is 0.218. The molecule has 8 heteroatoms. The van der Waals surface area contributed by atoms with Gasteiger partial charge in [-0.25, -0.2) is 14.8 Å². The van der Waals surface area contributed by atoms with Crippen LogP contribution in [0.15, 0.2) is 47.8 Å². The number of pyridine rings is 1. The molecule has 0 radical (unpaired) electrons. The number of thiazole rings is 1. The third-order valence-corrected chi connectivity index (χ3v) is 5.16. The first-order chi connectivity index (χ1) is 15.2. The lowest BCUT2D eigenvalue weighted by Gasteiger charge is -2.19. The van der Waals surface area contributed by atoms with E-state index in [-0.39, 0.29) is 12.4 Å². The van der Waals surface area contributed by atoms with Gasteiger partial charge in [0.2, 0.25) is 0 Å². The predicted molar refractivity (Wildman–Crippen MR) is 128 cm³/mol. The van der Waals surface area contributed by atoms with E-state index in [0.29, 0.717) is 11.6 Å². The monoisotopic (exact) mass is 452 g/mol. The molecule has 0 spiro atoms. The van der Waals surface area contributed by atoms with Crippen LogP contribution in [0.5, 0.6) is 0 Å². The average Bonchev–Trinajstić information content (AvgIpc) is 3.16. The zero-order valence-electron chi connectivity index (χ0n) is 18.8. The van der Waals surface area contributed by atoms with Crippen molar-refractivity contribution in [3.8, 4) is 10.6 Å². The summed E-state index contributed by atoms with van der Waals surface area (Å²) in [5, 5.41) is 8.03. The average molecular weight is 453 g/mol. The molecular weight excluding hydrogens is 424 g/mol. The van der Waals surface area contributed by atoms with Crippen LogP contribution in [0.1, 0.15) is 45.4 Å². The molecule has 3 aromatic rings. The van der Waals surface area contributed by atoms with Crippen LogP contribution in [0.3, 0.4) is 0 Å². The SMILES string of the molecule is CCCc1cccc(NC(=O)Nc2csc(-c3ccc(CC(=O)OC(C)(C)C)cc3)n2)n1. The minimum atomic E-state index is -0.498. The smallest absolute Gasteiger partial charge is 0.326 e. The van der Waals surface area contributed by atoms with E-state index in [9.17, 15) is 9.59 Å². The van der Waals surface area contributed by atoms with Gasteiger partial charge in [0.15, 0.2) is 0 Å². The van der Waals surface area contributed by atoms with Gasteiger partial charge in [0.1, 0.15) is 22.2 Å². The Bertz CT molecular complexity index is 1070. The standard InChI is InChI=1S/C24H28N4O3S/c1-5-7-18-8-6-9-19(25-18)27-23(30)28-20-15-32-22(26-20)17-12-10-16(11-13-17)14-21(29)31-24(2,3)4/h6,8-13,15H,5,7,14H2,1-4H3,(H2,25,27,28,30). The second kappa shape index (κ2) is 10.4. The number of hydrogen-bond donors (Lipinski definition) is 2. The Morgan fingerprint density at radius 3 is 2.41 bits per heavy atom. The molecule has 0 aliphatic rings. The first kappa shape index (κ1) is 23.4.